The summed E-state index contributed by atoms with van der Waals surface area (Å²) in [6, 6.07) is 1.85. The van der Waals surface area contributed by atoms with E-state index >= 15 is 14.4 Å². The Kier molecular flexibility index (Phi) is 18.4. The topological polar surface area (TPSA) is 453 Å². The Labute approximate surface area is 561 Å². The van der Waals surface area contributed by atoms with Crippen molar-refractivity contribution in [2.75, 3.05) is 14.2 Å². The second-order valence-electron chi connectivity index (χ2n) is 22.3. The number of aliphatic hydroxyl groups is 2. The van der Waals surface area contributed by atoms with E-state index in [1.54, 1.807) is 27.0 Å². The van der Waals surface area contributed by atoms with Crippen molar-refractivity contribution in [1.29, 1.82) is 0 Å². The number of aromatic nitrogens is 7. The molecule has 7 aromatic heterocycles. The Morgan fingerprint density at radius 3 is 2.25 bits per heavy atom. The number of nitrogens with zero attached hydrogens (tertiary/aromatic N) is 7. The first-order valence-corrected chi connectivity index (χ1v) is 33.2. The van der Waals surface area contributed by atoms with Gasteiger partial charge in [0.1, 0.15) is 102 Å². The summed E-state index contributed by atoms with van der Waals surface area (Å²) in [5.74, 6) is -8.57. The number of hydrogen-bond acceptors (Lipinski definition) is 30. The van der Waals surface area contributed by atoms with Gasteiger partial charge >= 0.3 is 11.9 Å². The van der Waals surface area contributed by atoms with Crippen LogP contribution in [0.5, 0.6) is 5.75 Å². The molecule has 12 bridgehead atoms. The lowest BCUT2D eigenvalue weighted by molar-refractivity contribution is -0.272. The average Bonchev–Trinajstić information content (AvgIpc) is 1.60. The fourth-order valence-corrected chi connectivity index (χ4v) is 15.3. The highest BCUT2D eigenvalue weighted by molar-refractivity contribution is 7.14. The monoisotopic (exact) mass is 1410 g/mol. The minimum absolute atomic E-state index is 0.0124. The van der Waals surface area contributed by atoms with E-state index in [0.717, 1.165) is 56.7 Å². The van der Waals surface area contributed by atoms with E-state index < -0.39 is 138 Å². The summed E-state index contributed by atoms with van der Waals surface area (Å²) >= 11 is 4.28. The maximum atomic E-state index is 15.3. The first-order valence-electron chi connectivity index (χ1n) is 28.8. The predicted molar refractivity (Wildman–Crippen MR) is 341 cm³/mol. The number of carbonyl (C=O) groups is 8. The van der Waals surface area contributed by atoms with E-state index in [2.05, 4.69) is 53.4 Å². The van der Waals surface area contributed by atoms with Crippen LogP contribution < -0.4 is 37.6 Å². The van der Waals surface area contributed by atoms with Crippen molar-refractivity contribution < 1.29 is 87.3 Å². The summed E-state index contributed by atoms with van der Waals surface area (Å²) < 4.78 is 38.1. The number of rotatable bonds is 9. The van der Waals surface area contributed by atoms with Crippen molar-refractivity contribution in [2.45, 2.75) is 108 Å². The van der Waals surface area contributed by atoms with Gasteiger partial charge in [-0.15, -0.1) is 56.7 Å². The molecule has 10 atom stereocenters. The Morgan fingerprint density at radius 1 is 0.865 bits per heavy atom. The lowest BCUT2D eigenvalue weighted by atomic mass is 9.86. The van der Waals surface area contributed by atoms with Crippen LogP contribution in [-0.4, -0.2) is 165 Å². The molecule has 0 spiro atoms. The zero-order valence-corrected chi connectivity index (χ0v) is 55.1. The summed E-state index contributed by atoms with van der Waals surface area (Å²) in [6.07, 6.45) is -9.44. The maximum absolute atomic E-state index is 15.3. The van der Waals surface area contributed by atoms with Crippen LogP contribution in [-0.2, 0) is 56.0 Å². The summed E-state index contributed by atoms with van der Waals surface area (Å²) in [5, 5.41) is 69.5. The summed E-state index contributed by atoms with van der Waals surface area (Å²) in [5.41, 5.74) is 1.49. The number of primary amides is 1. The number of amides is 6. The van der Waals surface area contributed by atoms with Crippen molar-refractivity contribution in [1.82, 2.24) is 66.5 Å². The first-order chi connectivity index (χ1) is 45.8. The first kappa shape index (κ1) is 66.5. The standard InChI is InChI=1S/C59H56N14O18S5/c1-20(45(60)76)62-46(77)28-17-94-54(66-28)39-33(75)11-25-38(68-39)27-15-96-56(63-27)51-72-49(80)31-19-95-55(67-31)40(71-48(79)30-18-93-53(65-30)37(22(3)86-7)70-50(81)36(21(2)74)69-47(78)29-16-92-52(25)64-29)42-43(90-34-12-59(5,84)44(61-6)23(4)89-34)58(83)88-13-24-9-8-10-32-35(24)26(14-87-42)41(73(32)85)57(82)91-51/h8-11,15-19,21,23,34,36,40,42-44,51,61,74-75,84-85H,1,12-14H2,2-7H3,(H2,60,76)(H,62,77)(H,69,78)(H,70,81)(H,71,79)(H,72,80)/b37-22+. The number of benzene rings is 1. The molecular formula is C59H56N14O18S5. The highest BCUT2D eigenvalue weighted by Gasteiger charge is 2.49. The van der Waals surface area contributed by atoms with Gasteiger partial charge in [0, 0.05) is 49.8 Å². The van der Waals surface area contributed by atoms with E-state index in [9.17, 15) is 44.5 Å². The quantitative estimate of drug-likeness (QED) is 0.0426. The SMILES string of the molecule is C=C(NC(=O)c1csc(-c2nc3c(cc2O)-c2nc(cs2)C(=O)NC(C(C)O)C(=O)N/C(=C(\C)OC)c2nc(cs2)C(=O)NC2c4nc(cs4)C(=O)NC(OC(=O)c4c5c6c(cccc6n4O)COC(=O)C(OC4CC(C)(O)C(NC)C(C)O4)C2OC5)c2nc-3cs2)n1)C(N)=O. The molecule has 1 saturated heterocycles. The number of hydrogen-bond donors (Lipinski definition) is 11. The molecule has 11 heterocycles. The van der Waals surface area contributed by atoms with Gasteiger partial charge < -0.3 is 86.6 Å². The Hall–Kier alpha value is -9.54. The fraction of sp³-hybridized carbons (Fsp3) is 0.322. The van der Waals surface area contributed by atoms with Crippen LogP contribution in [0.25, 0.3) is 49.3 Å². The molecule has 500 valence electrons. The number of allylic oxidation sites excluding steroid dienone is 1. The number of aromatic hydroxyl groups is 1. The summed E-state index contributed by atoms with van der Waals surface area (Å²) in [4.78, 5) is 142. The molecule has 1 aromatic carbocycles. The van der Waals surface area contributed by atoms with Gasteiger partial charge in [-0.25, -0.2) is 39.5 Å². The molecule has 32 nitrogen and oxygen atoms in total. The van der Waals surface area contributed by atoms with E-state index in [0.29, 0.717) is 4.73 Å². The lowest BCUT2D eigenvalue weighted by Crippen LogP contribution is -2.61. The van der Waals surface area contributed by atoms with Crippen molar-refractivity contribution in [3.8, 4) is 38.4 Å². The van der Waals surface area contributed by atoms with E-state index in [1.165, 1.54) is 66.1 Å². The molecule has 12 N–H and O–H groups in total. The number of nitrogens with two attached hydrogens (primary N) is 1. The number of cyclic esters (lactones) is 1. The van der Waals surface area contributed by atoms with E-state index in [-0.39, 0.29) is 110 Å². The van der Waals surface area contributed by atoms with Gasteiger partial charge in [-0.05, 0) is 52.4 Å². The number of ether oxygens (including phenoxy) is 6. The van der Waals surface area contributed by atoms with E-state index in [4.69, 9.17) is 49.1 Å². The molecule has 0 saturated carbocycles. The number of aliphatic hydroxyl groups excluding tert-OH is 1. The smallest absolute Gasteiger partial charge is 0.361 e. The molecule has 37 heteroatoms. The summed E-state index contributed by atoms with van der Waals surface area (Å²) in [7, 11) is 2.94. The molecule has 10 unspecified atom stereocenters. The molecule has 0 aliphatic carbocycles. The number of nitrogens with one attached hydrogen (secondary N) is 6. The number of methoxy groups -OCH3 is 1. The van der Waals surface area contributed by atoms with Crippen molar-refractivity contribution in [3.63, 3.8) is 0 Å². The highest BCUT2D eigenvalue weighted by Crippen LogP contribution is 2.43. The second kappa shape index (κ2) is 26.6. The fourth-order valence-electron chi connectivity index (χ4n) is 11.1. The molecule has 6 amide bonds. The van der Waals surface area contributed by atoms with Gasteiger partial charge in [-0.1, -0.05) is 18.7 Å². The lowest BCUT2D eigenvalue weighted by Gasteiger charge is -2.45. The third-order valence-corrected chi connectivity index (χ3v) is 20.3. The summed E-state index contributed by atoms with van der Waals surface area (Å²) in [6.45, 7) is 8.23. The Balaban J connectivity index is 1.05. The Morgan fingerprint density at radius 2 is 1.53 bits per heavy atom. The zero-order chi connectivity index (χ0) is 68.3. The second-order valence-corrected chi connectivity index (χ2v) is 26.7. The zero-order valence-electron chi connectivity index (χ0n) is 51.0. The minimum Gasteiger partial charge on any atom is -0.506 e. The third kappa shape index (κ3) is 12.8. The number of esters is 2. The number of carbonyl (C=O) groups excluding carboxylic acids is 8. The third-order valence-electron chi connectivity index (χ3n) is 15.9. The predicted octanol–water partition coefficient (Wildman–Crippen LogP) is 3.51. The molecule has 0 radical (unpaired) electrons. The van der Waals surface area contributed by atoms with Gasteiger partial charge in [0.15, 0.2) is 23.1 Å². The van der Waals surface area contributed by atoms with Crippen molar-refractivity contribution in [3.05, 3.63) is 124 Å². The van der Waals surface area contributed by atoms with Crippen molar-refractivity contribution in [2.24, 2.45) is 5.73 Å². The number of fused-ring (bicyclic) bond motifs is 15. The van der Waals surface area contributed by atoms with Gasteiger partial charge in [0.2, 0.25) is 12.1 Å². The molecule has 4 aliphatic heterocycles. The van der Waals surface area contributed by atoms with Crippen LogP contribution in [0.4, 0.5) is 0 Å². The van der Waals surface area contributed by atoms with Crippen LogP contribution in [0.2, 0.25) is 0 Å². The number of thiazole rings is 5. The molecule has 1 fully saturated rings. The van der Waals surface area contributed by atoms with Gasteiger partial charge in [-0.2, -0.15) is 4.73 Å². The van der Waals surface area contributed by atoms with Gasteiger partial charge in [0.05, 0.1) is 48.8 Å². The molecule has 8 aromatic rings. The largest absolute Gasteiger partial charge is 0.506 e. The number of likely N-dealkylation sites (N-methyl/N-ethyl adjacent to an activating group) is 1. The minimum atomic E-state index is -1.92. The maximum Gasteiger partial charge on any atom is 0.361 e. The van der Waals surface area contributed by atoms with Crippen LogP contribution in [0, 0.1) is 0 Å². The van der Waals surface area contributed by atoms with Crippen LogP contribution >= 0.6 is 56.7 Å². The van der Waals surface area contributed by atoms with Crippen LogP contribution in [0.15, 0.2) is 69.2 Å². The normalized spacial score (nSPS) is 24.1. The molecule has 12 rings (SSSR count). The molecule has 4 aliphatic rings. The Bertz CT molecular complexity index is 4550. The number of pyridine rings is 1. The van der Waals surface area contributed by atoms with Crippen LogP contribution in [0.3, 0.4) is 0 Å². The van der Waals surface area contributed by atoms with Crippen LogP contribution in [0.1, 0.15) is 125 Å². The van der Waals surface area contributed by atoms with Gasteiger partial charge in [-0.3, -0.25) is 28.8 Å². The van der Waals surface area contributed by atoms with E-state index in [1.807, 2.05) is 0 Å². The van der Waals surface area contributed by atoms with Gasteiger partial charge in [0.25, 0.3) is 29.5 Å². The average molecular weight is 1410 g/mol. The van der Waals surface area contributed by atoms with Crippen molar-refractivity contribution >= 4 is 121 Å². The molecule has 96 heavy (non-hydrogen) atoms. The highest BCUT2D eigenvalue weighted by atomic mass is 32.1. The molecular weight excluding hydrogens is 1350 g/mol.